The average molecular weight is 417 g/mol. The van der Waals surface area contributed by atoms with Crippen LogP contribution in [0.3, 0.4) is 0 Å². The largest absolute Gasteiger partial charge is 0.376 e. The molecule has 0 heterocycles. The van der Waals surface area contributed by atoms with Crippen molar-refractivity contribution in [3.63, 3.8) is 0 Å². The molecule has 1 unspecified atom stereocenters. The van der Waals surface area contributed by atoms with Gasteiger partial charge in [0.2, 0.25) is 5.91 Å². The van der Waals surface area contributed by atoms with Crippen LogP contribution in [-0.2, 0) is 22.6 Å². The summed E-state index contributed by atoms with van der Waals surface area (Å²) in [5.41, 5.74) is 4.32. The molecule has 0 fully saturated rings. The van der Waals surface area contributed by atoms with E-state index in [1.165, 1.54) is 12.5 Å². The Kier molecular flexibility index (Phi) is 7.96. The number of amides is 1. The van der Waals surface area contributed by atoms with Crippen molar-refractivity contribution >= 4 is 23.1 Å². The lowest BCUT2D eigenvalue weighted by molar-refractivity contribution is -0.116. The Bertz CT molecular complexity index is 1020. The Morgan fingerprint density at radius 2 is 1.58 bits per heavy atom. The first-order valence-electron chi connectivity index (χ1n) is 10.4. The van der Waals surface area contributed by atoms with Crippen LogP contribution in [0.5, 0.6) is 0 Å². The number of anilines is 2. The molecule has 1 atom stereocenters. The standard InChI is InChI=1S/C26H28N2O3/c1-19(26(30)28-25-13-7-11-23(17-25)20(2)29)27-24-12-6-10-22(16-24)18-31-15-14-21-8-4-3-5-9-21/h3-13,16-17,19,27H,14-15,18H2,1-2H3,(H,28,30). The highest BCUT2D eigenvalue weighted by molar-refractivity contribution is 5.99. The summed E-state index contributed by atoms with van der Waals surface area (Å²) in [7, 11) is 0. The summed E-state index contributed by atoms with van der Waals surface area (Å²) in [6.45, 7) is 4.47. The zero-order valence-electron chi connectivity index (χ0n) is 17.9. The Labute approximate surface area is 183 Å². The molecule has 3 aromatic carbocycles. The highest BCUT2D eigenvalue weighted by atomic mass is 16.5. The van der Waals surface area contributed by atoms with E-state index >= 15 is 0 Å². The smallest absolute Gasteiger partial charge is 0.246 e. The third-order valence-corrected chi connectivity index (χ3v) is 4.89. The maximum absolute atomic E-state index is 12.5. The fourth-order valence-electron chi connectivity index (χ4n) is 3.16. The summed E-state index contributed by atoms with van der Waals surface area (Å²) in [6, 6.07) is 24.6. The van der Waals surface area contributed by atoms with Gasteiger partial charge < -0.3 is 15.4 Å². The summed E-state index contributed by atoms with van der Waals surface area (Å²) in [4.78, 5) is 24.1. The molecule has 0 aliphatic rings. The highest BCUT2D eigenvalue weighted by Gasteiger charge is 2.13. The molecule has 31 heavy (non-hydrogen) atoms. The van der Waals surface area contributed by atoms with E-state index in [2.05, 4.69) is 22.8 Å². The van der Waals surface area contributed by atoms with Gasteiger partial charge in [-0.1, -0.05) is 54.6 Å². The molecule has 3 rings (SSSR count). The summed E-state index contributed by atoms with van der Waals surface area (Å²) in [5.74, 6) is -0.213. The van der Waals surface area contributed by atoms with Crippen molar-refractivity contribution in [3.8, 4) is 0 Å². The second kappa shape index (κ2) is 11.1. The third kappa shape index (κ3) is 7.08. The maximum Gasteiger partial charge on any atom is 0.246 e. The molecule has 160 valence electrons. The molecule has 5 heteroatoms. The topological polar surface area (TPSA) is 67.4 Å². The normalized spacial score (nSPS) is 11.5. The Morgan fingerprint density at radius 3 is 2.35 bits per heavy atom. The maximum atomic E-state index is 12.5. The van der Waals surface area contributed by atoms with Gasteiger partial charge in [0.15, 0.2) is 5.78 Å². The molecule has 0 aliphatic carbocycles. The quantitative estimate of drug-likeness (QED) is 0.357. The average Bonchev–Trinajstić information content (AvgIpc) is 2.78. The lowest BCUT2D eigenvalue weighted by atomic mass is 10.1. The van der Waals surface area contributed by atoms with Crippen LogP contribution in [0, 0.1) is 0 Å². The van der Waals surface area contributed by atoms with E-state index in [0.29, 0.717) is 24.5 Å². The minimum atomic E-state index is -0.449. The Hall–Kier alpha value is -3.44. The van der Waals surface area contributed by atoms with E-state index < -0.39 is 6.04 Å². The predicted octanol–water partition coefficient (Wildman–Crippen LogP) is 5.09. The van der Waals surface area contributed by atoms with Crippen LogP contribution < -0.4 is 10.6 Å². The van der Waals surface area contributed by atoms with Gasteiger partial charge in [0.25, 0.3) is 0 Å². The lowest BCUT2D eigenvalue weighted by Crippen LogP contribution is -2.31. The van der Waals surface area contributed by atoms with Crippen molar-refractivity contribution in [2.75, 3.05) is 17.2 Å². The molecule has 0 saturated carbocycles. The molecule has 0 aromatic heterocycles. The van der Waals surface area contributed by atoms with Crippen LogP contribution in [0.2, 0.25) is 0 Å². The molecule has 2 N–H and O–H groups in total. The minimum absolute atomic E-state index is 0.0370. The van der Waals surface area contributed by atoms with Gasteiger partial charge >= 0.3 is 0 Å². The minimum Gasteiger partial charge on any atom is -0.376 e. The first-order chi connectivity index (χ1) is 15.0. The zero-order chi connectivity index (χ0) is 22.1. The van der Waals surface area contributed by atoms with Gasteiger partial charge in [-0.2, -0.15) is 0 Å². The second-order valence-corrected chi connectivity index (χ2v) is 7.48. The molecule has 0 aliphatic heterocycles. The van der Waals surface area contributed by atoms with Crippen molar-refractivity contribution in [3.05, 3.63) is 95.6 Å². The molecular formula is C26H28N2O3. The van der Waals surface area contributed by atoms with Gasteiger partial charge in [-0.15, -0.1) is 0 Å². The van der Waals surface area contributed by atoms with E-state index in [9.17, 15) is 9.59 Å². The van der Waals surface area contributed by atoms with Crippen LogP contribution in [-0.4, -0.2) is 24.3 Å². The van der Waals surface area contributed by atoms with E-state index in [1.54, 1.807) is 31.2 Å². The van der Waals surface area contributed by atoms with Crippen LogP contribution in [0.25, 0.3) is 0 Å². The summed E-state index contributed by atoms with van der Waals surface area (Å²) < 4.78 is 5.81. The molecule has 0 radical (unpaired) electrons. The number of ether oxygens (including phenoxy) is 1. The number of carbonyl (C=O) groups excluding carboxylic acids is 2. The molecule has 1 amide bonds. The van der Waals surface area contributed by atoms with Gasteiger partial charge in [-0.3, -0.25) is 9.59 Å². The van der Waals surface area contributed by atoms with Crippen molar-refractivity contribution in [2.24, 2.45) is 0 Å². The van der Waals surface area contributed by atoms with Gasteiger partial charge in [0.05, 0.1) is 13.2 Å². The third-order valence-electron chi connectivity index (χ3n) is 4.89. The summed E-state index contributed by atoms with van der Waals surface area (Å²) in [6.07, 6.45) is 0.876. The number of nitrogens with one attached hydrogen (secondary N) is 2. The number of hydrogen-bond donors (Lipinski definition) is 2. The number of hydrogen-bond acceptors (Lipinski definition) is 4. The molecule has 3 aromatic rings. The summed E-state index contributed by atoms with van der Waals surface area (Å²) >= 11 is 0. The SMILES string of the molecule is CC(=O)c1cccc(NC(=O)C(C)Nc2cccc(COCCc3ccccc3)c2)c1. The monoisotopic (exact) mass is 416 g/mol. The molecular weight excluding hydrogens is 388 g/mol. The summed E-state index contributed by atoms with van der Waals surface area (Å²) in [5, 5.41) is 6.07. The molecule has 0 spiro atoms. The van der Waals surface area contributed by atoms with E-state index in [4.69, 9.17) is 4.74 Å². The number of carbonyl (C=O) groups is 2. The molecule has 0 bridgehead atoms. The van der Waals surface area contributed by atoms with Gasteiger partial charge in [0, 0.05) is 16.9 Å². The van der Waals surface area contributed by atoms with Gasteiger partial charge in [-0.25, -0.2) is 0 Å². The molecule has 5 nitrogen and oxygen atoms in total. The van der Waals surface area contributed by atoms with E-state index in [0.717, 1.165) is 17.7 Å². The van der Waals surface area contributed by atoms with Crippen molar-refractivity contribution < 1.29 is 14.3 Å². The fraction of sp³-hybridized carbons (Fsp3) is 0.231. The van der Waals surface area contributed by atoms with Gasteiger partial charge in [-0.05, 0) is 55.7 Å². The lowest BCUT2D eigenvalue weighted by Gasteiger charge is -2.16. The highest BCUT2D eigenvalue weighted by Crippen LogP contribution is 2.15. The van der Waals surface area contributed by atoms with Crippen LogP contribution in [0.1, 0.15) is 35.3 Å². The Morgan fingerprint density at radius 1 is 0.871 bits per heavy atom. The number of Topliss-reactive ketones (excluding diaryl/α,β-unsaturated/α-hetero) is 1. The second-order valence-electron chi connectivity index (χ2n) is 7.48. The van der Waals surface area contributed by atoms with Crippen LogP contribution in [0.15, 0.2) is 78.9 Å². The molecule has 0 saturated heterocycles. The predicted molar refractivity (Wildman–Crippen MR) is 124 cm³/mol. The Balaban J connectivity index is 1.49. The van der Waals surface area contributed by atoms with Crippen molar-refractivity contribution in [1.29, 1.82) is 0 Å². The first kappa shape index (κ1) is 22.2. The van der Waals surface area contributed by atoms with E-state index in [-0.39, 0.29) is 11.7 Å². The first-order valence-corrected chi connectivity index (χ1v) is 10.4. The van der Waals surface area contributed by atoms with Crippen molar-refractivity contribution in [2.45, 2.75) is 32.9 Å². The number of ketones is 1. The van der Waals surface area contributed by atoms with E-state index in [1.807, 2.05) is 42.5 Å². The van der Waals surface area contributed by atoms with Crippen molar-refractivity contribution in [1.82, 2.24) is 0 Å². The zero-order valence-corrected chi connectivity index (χ0v) is 17.9. The number of benzene rings is 3. The number of rotatable bonds is 10. The van der Waals surface area contributed by atoms with Gasteiger partial charge in [0.1, 0.15) is 6.04 Å². The van der Waals surface area contributed by atoms with Crippen LogP contribution in [0.4, 0.5) is 11.4 Å². The van der Waals surface area contributed by atoms with Crippen LogP contribution >= 0.6 is 0 Å². The fourth-order valence-corrected chi connectivity index (χ4v) is 3.16.